The first kappa shape index (κ1) is 22.3. The summed E-state index contributed by atoms with van der Waals surface area (Å²) in [5, 5.41) is 2.62. The number of nitrogens with zero attached hydrogens (tertiary/aromatic N) is 1. The van der Waals surface area contributed by atoms with E-state index in [-0.39, 0.29) is 45.1 Å². The lowest BCUT2D eigenvalue weighted by molar-refractivity contribution is -0.154. The number of hydrogen-bond acceptors (Lipinski definition) is 6. The van der Waals surface area contributed by atoms with Crippen molar-refractivity contribution in [1.82, 2.24) is 4.90 Å². The van der Waals surface area contributed by atoms with Crippen LogP contribution in [0.5, 0.6) is 5.75 Å². The van der Waals surface area contributed by atoms with Crippen molar-refractivity contribution in [3.8, 4) is 5.75 Å². The van der Waals surface area contributed by atoms with Gasteiger partial charge in [0.2, 0.25) is 11.8 Å². The zero-order valence-electron chi connectivity index (χ0n) is 16.8. The van der Waals surface area contributed by atoms with Gasteiger partial charge >= 0.3 is 5.97 Å². The van der Waals surface area contributed by atoms with Gasteiger partial charge in [-0.3, -0.25) is 24.1 Å². The van der Waals surface area contributed by atoms with E-state index < -0.39 is 25.0 Å². The molecule has 0 radical (unpaired) electrons. The Balaban J connectivity index is 1.31. The molecular formula is C21H22Br2N2O6. The molecule has 166 valence electrons. The summed E-state index contributed by atoms with van der Waals surface area (Å²) in [5.74, 6) is -2.09. The average Bonchev–Trinajstić information content (AvgIpc) is 3.35. The third kappa shape index (κ3) is 4.00. The SMILES string of the molecule is CCOc1ccccc1NC(=O)COC(=O)CN1C(=O)[C@@H]2[C@H]3C[C@@H]([C@H](Br)[C@H]3Br)[C@H]2C1=O. The van der Waals surface area contributed by atoms with Crippen molar-refractivity contribution in [3.63, 3.8) is 0 Å². The number of nitrogens with one attached hydrogen (secondary N) is 1. The zero-order chi connectivity index (χ0) is 22.3. The fraction of sp³-hybridized carbons (Fsp3) is 0.524. The van der Waals surface area contributed by atoms with E-state index >= 15 is 0 Å². The molecule has 4 rings (SSSR count). The summed E-state index contributed by atoms with van der Waals surface area (Å²) in [6.07, 6.45) is 0.820. The number of likely N-dealkylation sites (tertiary alicyclic amines) is 1. The van der Waals surface area contributed by atoms with Crippen LogP contribution >= 0.6 is 31.9 Å². The molecule has 3 amide bonds. The Morgan fingerprint density at radius 2 is 1.71 bits per heavy atom. The van der Waals surface area contributed by atoms with E-state index in [1.807, 2.05) is 6.92 Å². The van der Waals surface area contributed by atoms with Gasteiger partial charge in [0.1, 0.15) is 12.3 Å². The molecule has 2 bridgehead atoms. The second-order valence-corrected chi connectivity index (χ2v) is 10.0. The number of rotatable bonds is 7. The van der Waals surface area contributed by atoms with Crippen LogP contribution in [0.2, 0.25) is 0 Å². The number of imide groups is 1. The van der Waals surface area contributed by atoms with Gasteiger partial charge in [0.15, 0.2) is 6.61 Å². The van der Waals surface area contributed by atoms with Gasteiger partial charge in [0, 0.05) is 9.65 Å². The first-order valence-electron chi connectivity index (χ1n) is 10.1. The molecule has 3 aliphatic rings. The van der Waals surface area contributed by atoms with Crippen molar-refractivity contribution in [3.05, 3.63) is 24.3 Å². The Hall–Kier alpha value is -1.94. The summed E-state index contributed by atoms with van der Waals surface area (Å²) in [4.78, 5) is 51.3. The van der Waals surface area contributed by atoms with E-state index in [9.17, 15) is 19.2 Å². The lowest BCUT2D eigenvalue weighted by Gasteiger charge is -2.28. The number of carbonyl (C=O) groups excluding carboxylic acids is 4. The fourth-order valence-corrected chi connectivity index (χ4v) is 6.80. The van der Waals surface area contributed by atoms with E-state index in [1.54, 1.807) is 24.3 Å². The highest BCUT2D eigenvalue weighted by Gasteiger charge is 2.66. The van der Waals surface area contributed by atoms with Gasteiger partial charge in [0.25, 0.3) is 5.91 Å². The summed E-state index contributed by atoms with van der Waals surface area (Å²) in [6.45, 7) is 1.26. The highest BCUT2D eigenvalue weighted by molar-refractivity contribution is 9.12. The van der Waals surface area contributed by atoms with Crippen molar-refractivity contribution in [1.29, 1.82) is 0 Å². The number of hydrogen-bond donors (Lipinski definition) is 1. The standard InChI is InChI=1S/C21H22Br2N2O6/c1-2-30-13-6-4-3-5-12(13)24-14(26)9-31-15(27)8-25-20(28)16-10-7-11(17(16)21(25)29)19(23)18(10)22/h3-6,10-11,16-19H,2,7-9H2,1H3,(H,24,26)/t10-,11-,16-,17-,18+,19+/m1/s1. The third-order valence-electron chi connectivity index (χ3n) is 6.19. The average molecular weight is 558 g/mol. The van der Waals surface area contributed by atoms with Gasteiger partial charge in [-0.05, 0) is 37.3 Å². The fourth-order valence-electron chi connectivity index (χ4n) is 4.92. The minimum Gasteiger partial charge on any atom is -0.492 e. The van der Waals surface area contributed by atoms with Gasteiger partial charge in [-0.2, -0.15) is 0 Å². The number of esters is 1. The number of halogens is 2. The highest BCUT2D eigenvalue weighted by atomic mass is 79.9. The molecule has 1 saturated heterocycles. The Labute approximate surface area is 196 Å². The molecule has 0 unspecified atom stereocenters. The summed E-state index contributed by atoms with van der Waals surface area (Å²) in [7, 11) is 0. The molecule has 3 fully saturated rings. The second kappa shape index (κ2) is 8.90. The number of alkyl halides is 2. The minimum atomic E-state index is -0.798. The summed E-state index contributed by atoms with van der Waals surface area (Å²) < 4.78 is 10.5. The number of benzene rings is 1. The lowest BCUT2D eigenvalue weighted by Crippen LogP contribution is -2.38. The molecule has 31 heavy (non-hydrogen) atoms. The topological polar surface area (TPSA) is 102 Å². The Morgan fingerprint density at radius 1 is 1.10 bits per heavy atom. The molecule has 1 N–H and O–H groups in total. The van der Waals surface area contributed by atoms with Crippen LogP contribution in [0.25, 0.3) is 0 Å². The smallest absolute Gasteiger partial charge is 0.326 e. The molecule has 8 nitrogen and oxygen atoms in total. The maximum Gasteiger partial charge on any atom is 0.326 e. The second-order valence-electron chi connectivity index (χ2n) is 7.90. The quantitative estimate of drug-likeness (QED) is 0.314. The van der Waals surface area contributed by atoms with Crippen LogP contribution in [-0.2, 0) is 23.9 Å². The minimum absolute atomic E-state index is 0.0769. The molecule has 6 atom stereocenters. The van der Waals surface area contributed by atoms with Gasteiger partial charge in [-0.25, -0.2) is 0 Å². The van der Waals surface area contributed by atoms with Gasteiger partial charge in [0.05, 0.1) is 24.1 Å². The van der Waals surface area contributed by atoms with Crippen LogP contribution in [0.1, 0.15) is 13.3 Å². The van der Waals surface area contributed by atoms with Crippen LogP contribution in [0, 0.1) is 23.7 Å². The number of carbonyl (C=O) groups is 4. The molecule has 1 aromatic carbocycles. The predicted molar refractivity (Wildman–Crippen MR) is 118 cm³/mol. The van der Waals surface area contributed by atoms with Gasteiger partial charge in [-0.15, -0.1) is 0 Å². The van der Waals surface area contributed by atoms with Crippen LogP contribution in [0.3, 0.4) is 0 Å². The van der Waals surface area contributed by atoms with Crippen molar-refractivity contribution >= 4 is 61.2 Å². The van der Waals surface area contributed by atoms with Crippen LogP contribution < -0.4 is 10.1 Å². The first-order chi connectivity index (χ1) is 14.8. The van der Waals surface area contributed by atoms with E-state index in [1.165, 1.54) is 0 Å². The third-order valence-corrected chi connectivity index (χ3v) is 9.40. The van der Waals surface area contributed by atoms with E-state index in [0.29, 0.717) is 18.0 Å². The summed E-state index contributed by atoms with van der Waals surface area (Å²) >= 11 is 7.25. The number of fused-ring (bicyclic) bond motifs is 5. The highest BCUT2D eigenvalue weighted by Crippen LogP contribution is 2.60. The molecule has 2 saturated carbocycles. The number of para-hydroxylation sites is 2. The molecule has 2 aliphatic carbocycles. The normalized spacial score (nSPS) is 31.0. The monoisotopic (exact) mass is 556 g/mol. The van der Waals surface area contributed by atoms with Gasteiger partial charge < -0.3 is 14.8 Å². The van der Waals surface area contributed by atoms with Crippen LogP contribution in [0.15, 0.2) is 24.3 Å². The van der Waals surface area contributed by atoms with E-state index in [2.05, 4.69) is 37.2 Å². The summed E-state index contributed by atoms with van der Waals surface area (Å²) in [5.41, 5.74) is 0.465. The maximum absolute atomic E-state index is 12.8. The number of anilines is 1. The molecular weight excluding hydrogens is 536 g/mol. The molecule has 1 aromatic rings. The van der Waals surface area contributed by atoms with E-state index in [0.717, 1.165) is 11.3 Å². The Bertz CT molecular complexity index is 893. The Kier molecular flexibility index (Phi) is 6.39. The van der Waals surface area contributed by atoms with Crippen LogP contribution in [-0.4, -0.2) is 58.0 Å². The van der Waals surface area contributed by atoms with Crippen LogP contribution in [0.4, 0.5) is 5.69 Å². The summed E-state index contributed by atoms with van der Waals surface area (Å²) in [6, 6.07) is 6.91. The first-order valence-corrected chi connectivity index (χ1v) is 12.0. The maximum atomic E-state index is 12.8. The number of amides is 3. The van der Waals surface area contributed by atoms with Gasteiger partial charge in [-0.1, -0.05) is 44.0 Å². The molecule has 0 spiro atoms. The van der Waals surface area contributed by atoms with E-state index in [4.69, 9.17) is 9.47 Å². The zero-order valence-corrected chi connectivity index (χ0v) is 19.9. The molecule has 1 aliphatic heterocycles. The molecule has 1 heterocycles. The molecule has 10 heteroatoms. The number of ether oxygens (including phenoxy) is 2. The molecule has 0 aromatic heterocycles. The lowest BCUT2D eigenvalue weighted by atomic mass is 9.81. The van der Waals surface area contributed by atoms with Crippen molar-refractivity contribution in [2.75, 3.05) is 25.1 Å². The Morgan fingerprint density at radius 3 is 2.32 bits per heavy atom. The van der Waals surface area contributed by atoms with Crippen molar-refractivity contribution in [2.45, 2.75) is 23.0 Å². The van der Waals surface area contributed by atoms with Crippen molar-refractivity contribution in [2.24, 2.45) is 23.7 Å². The predicted octanol–water partition coefficient (Wildman–Crippen LogP) is 2.34. The van der Waals surface area contributed by atoms with Crippen molar-refractivity contribution < 1.29 is 28.7 Å². The largest absolute Gasteiger partial charge is 0.492 e.